The first-order valence-electron chi connectivity index (χ1n) is 11.1. The van der Waals surface area contributed by atoms with E-state index >= 15 is 0 Å². The van der Waals surface area contributed by atoms with E-state index in [1.54, 1.807) is 12.3 Å². The van der Waals surface area contributed by atoms with Crippen LogP contribution in [0.2, 0.25) is 10.2 Å². The summed E-state index contributed by atoms with van der Waals surface area (Å²) in [5, 5.41) is 12.7. The van der Waals surface area contributed by atoms with Crippen LogP contribution < -0.4 is 15.1 Å². The lowest BCUT2D eigenvalue weighted by Crippen LogP contribution is -2.65. The lowest BCUT2D eigenvalue weighted by atomic mass is 9.99. The van der Waals surface area contributed by atoms with Gasteiger partial charge in [0.15, 0.2) is 17.7 Å². The fourth-order valence-corrected chi connectivity index (χ4v) is 8.34. The first-order chi connectivity index (χ1) is 15.8. The minimum absolute atomic E-state index is 0.0188. The number of methoxy groups -OCH3 is 1. The van der Waals surface area contributed by atoms with Crippen molar-refractivity contribution in [1.82, 2.24) is 4.98 Å². The largest absolute Gasteiger partial charge is 0.464 e. The molecule has 3 rings (SSSR count). The van der Waals surface area contributed by atoms with Gasteiger partial charge in [-0.05, 0) is 34.3 Å². The van der Waals surface area contributed by atoms with Gasteiger partial charge in [-0.15, -0.1) is 0 Å². The summed E-state index contributed by atoms with van der Waals surface area (Å²) >= 11 is 6.18. The first-order valence-corrected chi connectivity index (χ1v) is 13.4. The van der Waals surface area contributed by atoms with Gasteiger partial charge < -0.3 is 19.4 Å². The molecule has 0 saturated carbocycles. The second kappa shape index (κ2) is 11.3. The summed E-state index contributed by atoms with van der Waals surface area (Å²) in [7, 11) is -1.55. The van der Waals surface area contributed by atoms with Gasteiger partial charge in [-0.2, -0.15) is 0 Å². The van der Waals surface area contributed by atoms with Gasteiger partial charge in [-0.25, -0.2) is 4.98 Å². The van der Waals surface area contributed by atoms with Crippen molar-refractivity contribution < 1.29 is 19.4 Å². The molecule has 1 atom stereocenters. The summed E-state index contributed by atoms with van der Waals surface area (Å²) in [6, 6.07) is 21.6. The van der Waals surface area contributed by atoms with E-state index in [-0.39, 0.29) is 17.0 Å². The predicted octanol–water partition coefficient (Wildman–Crippen LogP) is 4.45. The van der Waals surface area contributed by atoms with Crippen LogP contribution in [0.1, 0.15) is 44.8 Å². The SMILES string of the molecule is COCOc1c(C(O)CCCC(C)(C)[Si](O)(c2ccccc2)c2ccccc2)ccnc1Cl. The van der Waals surface area contributed by atoms with Crippen LogP contribution in [0.15, 0.2) is 72.9 Å². The molecule has 0 aliphatic heterocycles. The topological polar surface area (TPSA) is 71.8 Å². The summed E-state index contributed by atoms with van der Waals surface area (Å²) in [6.07, 6.45) is 2.75. The standard InChI is InChI=1S/C26H32ClNO4Si/c1-26(2,33(30,20-11-6-4-7-12-20)21-13-8-5-9-14-21)17-10-15-23(29)22-16-18-28-25(27)24(22)32-19-31-3/h4-9,11-14,16,18,23,29-30H,10,15,17,19H2,1-3H3. The molecule has 5 nitrogen and oxygen atoms in total. The van der Waals surface area contributed by atoms with E-state index in [1.165, 1.54) is 7.11 Å². The van der Waals surface area contributed by atoms with E-state index in [0.717, 1.165) is 16.8 Å². The quantitative estimate of drug-likeness (QED) is 0.238. The fourth-order valence-electron chi connectivity index (χ4n) is 4.34. The third-order valence-corrected chi connectivity index (χ3v) is 11.0. The van der Waals surface area contributed by atoms with E-state index in [2.05, 4.69) is 18.8 Å². The Bertz CT molecular complexity index is 978. The number of rotatable bonds is 11. The zero-order chi connectivity index (χ0) is 23.9. The second-order valence-electron chi connectivity index (χ2n) is 8.81. The summed E-state index contributed by atoms with van der Waals surface area (Å²) in [4.78, 5) is 16.3. The zero-order valence-electron chi connectivity index (χ0n) is 19.4. The highest BCUT2D eigenvalue weighted by molar-refractivity contribution is 6.98. The molecular formula is C26H32ClNO4Si. The molecule has 0 amide bonds. The summed E-state index contributed by atoms with van der Waals surface area (Å²) in [5.74, 6) is 0.340. The van der Waals surface area contributed by atoms with Crippen molar-refractivity contribution in [2.45, 2.75) is 44.3 Å². The van der Waals surface area contributed by atoms with Gasteiger partial charge >= 0.3 is 0 Å². The molecule has 0 bridgehead atoms. The Morgan fingerprint density at radius 3 is 2.12 bits per heavy atom. The predicted molar refractivity (Wildman–Crippen MR) is 135 cm³/mol. The number of aliphatic hydroxyl groups is 1. The molecule has 0 radical (unpaired) electrons. The van der Waals surface area contributed by atoms with Gasteiger partial charge in [0.25, 0.3) is 8.32 Å². The number of benzene rings is 2. The van der Waals surface area contributed by atoms with Crippen LogP contribution >= 0.6 is 11.6 Å². The fraction of sp³-hybridized carbons (Fsp3) is 0.346. The third kappa shape index (κ3) is 5.65. The molecular weight excluding hydrogens is 454 g/mol. The van der Waals surface area contributed by atoms with Crippen molar-refractivity contribution in [3.63, 3.8) is 0 Å². The van der Waals surface area contributed by atoms with Crippen LogP contribution in [0.4, 0.5) is 0 Å². The molecule has 1 aromatic heterocycles. The van der Waals surface area contributed by atoms with Crippen molar-refractivity contribution in [3.8, 4) is 5.75 Å². The van der Waals surface area contributed by atoms with Crippen molar-refractivity contribution >= 4 is 30.3 Å². The summed E-state index contributed by atoms with van der Waals surface area (Å²) in [5.41, 5.74) is 0.587. The number of hydrogen-bond donors (Lipinski definition) is 2. The van der Waals surface area contributed by atoms with Gasteiger partial charge in [0.1, 0.15) is 0 Å². The number of halogens is 1. The maximum Gasteiger partial charge on any atom is 0.258 e. The summed E-state index contributed by atoms with van der Waals surface area (Å²) in [6.45, 7) is 4.27. The highest BCUT2D eigenvalue weighted by Crippen LogP contribution is 2.41. The molecule has 0 fully saturated rings. The van der Waals surface area contributed by atoms with Crippen molar-refractivity contribution in [2.24, 2.45) is 0 Å². The average molecular weight is 486 g/mol. The maximum atomic E-state index is 12.3. The van der Waals surface area contributed by atoms with E-state index in [1.807, 2.05) is 60.7 Å². The number of pyridine rings is 1. The monoisotopic (exact) mass is 485 g/mol. The molecule has 0 spiro atoms. The molecule has 0 aliphatic carbocycles. The molecule has 0 aliphatic rings. The van der Waals surface area contributed by atoms with Gasteiger partial charge in [-0.1, -0.05) is 92.5 Å². The first kappa shape index (κ1) is 25.4. The summed E-state index contributed by atoms with van der Waals surface area (Å²) < 4.78 is 10.5. The molecule has 1 heterocycles. The highest BCUT2D eigenvalue weighted by atomic mass is 35.5. The Morgan fingerprint density at radius 2 is 1.58 bits per heavy atom. The normalized spacial score (nSPS) is 13.0. The molecule has 0 saturated heterocycles. The van der Waals surface area contributed by atoms with Crippen molar-refractivity contribution in [2.75, 3.05) is 13.9 Å². The molecule has 7 heteroatoms. The van der Waals surface area contributed by atoms with Gasteiger partial charge in [0, 0.05) is 18.9 Å². The minimum atomic E-state index is -3.07. The molecule has 1 unspecified atom stereocenters. The number of aromatic nitrogens is 1. The van der Waals surface area contributed by atoms with Gasteiger partial charge in [0.2, 0.25) is 0 Å². The molecule has 2 N–H and O–H groups in total. The number of hydrogen-bond acceptors (Lipinski definition) is 5. The smallest absolute Gasteiger partial charge is 0.258 e. The Balaban J connectivity index is 1.79. The number of ether oxygens (including phenoxy) is 2. The average Bonchev–Trinajstić information content (AvgIpc) is 2.83. The molecule has 2 aromatic carbocycles. The van der Waals surface area contributed by atoms with E-state index in [9.17, 15) is 9.90 Å². The van der Waals surface area contributed by atoms with Crippen molar-refractivity contribution in [3.05, 3.63) is 83.6 Å². The maximum absolute atomic E-state index is 12.3. The molecule has 3 aromatic rings. The number of nitrogens with zero attached hydrogens (tertiary/aromatic N) is 1. The van der Waals surface area contributed by atoms with Crippen molar-refractivity contribution in [1.29, 1.82) is 0 Å². The van der Waals surface area contributed by atoms with E-state index in [0.29, 0.717) is 24.2 Å². The van der Waals surface area contributed by atoms with E-state index < -0.39 is 14.4 Å². The number of aliphatic hydroxyl groups excluding tert-OH is 1. The third-order valence-electron chi connectivity index (χ3n) is 6.21. The lowest BCUT2D eigenvalue weighted by Gasteiger charge is -2.41. The van der Waals surface area contributed by atoms with Gasteiger partial charge in [0.05, 0.1) is 6.10 Å². The van der Waals surface area contributed by atoms with Crippen LogP contribution in [0.25, 0.3) is 0 Å². The highest BCUT2D eigenvalue weighted by Gasteiger charge is 2.49. The van der Waals surface area contributed by atoms with Crippen LogP contribution in [0.3, 0.4) is 0 Å². The Hall–Kier alpha value is -2.22. The van der Waals surface area contributed by atoms with E-state index in [4.69, 9.17) is 21.1 Å². The molecule has 176 valence electrons. The van der Waals surface area contributed by atoms with Gasteiger partial charge in [-0.3, -0.25) is 0 Å². The lowest BCUT2D eigenvalue weighted by molar-refractivity contribution is 0.0473. The second-order valence-corrected chi connectivity index (χ2v) is 13.1. The minimum Gasteiger partial charge on any atom is -0.464 e. The Labute approximate surface area is 202 Å². The van der Waals surface area contributed by atoms with Crippen LogP contribution in [0, 0.1) is 0 Å². The van der Waals surface area contributed by atoms with Crippen LogP contribution in [-0.4, -0.2) is 37.1 Å². The molecule has 33 heavy (non-hydrogen) atoms. The van der Waals surface area contributed by atoms with Crippen LogP contribution in [0.5, 0.6) is 5.75 Å². The Morgan fingerprint density at radius 1 is 1.00 bits per heavy atom. The Kier molecular flexibility index (Phi) is 8.67. The zero-order valence-corrected chi connectivity index (χ0v) is 21.1. The van der Waals surface area contributed by atoms with Crippen LogP contribution in [-0.2, 0) is 4.74 Å².